The van der Waals surface area contributed by atoms with E-state index in [2.05, 4.69) is 5.32 Å². The van der Waals surface area contributed by atoms with Gasteiger partial charge in [0.2, 0.25) is 0 Å². The monoisotopic (exact) mass is 404 g/mol. The van der Waals surface area contributed by atoms with Gasteiger partial charge in [-0.15, -0.1) is 11.3 Å². The van der Waals surface area contributed by atoms with E-state index in [1.54, 1.807) is 11.4 Å². The second-order valence-electron chi connectivity index (χ2n) is 4.87. The molecule has 0 spiro atoms. The molecule has 0 fully saturated rings. The Morgan fingerprint density at radius 1 is 1.25 bits per heavy atom. The summed E-state index contributed by atoms with van der Waals surface area (Å²) in [7, 11) is -2.85. The fraction of sp³-hybridized carbons (Fsp3) is 0.0714. The first-order chi connectivity index (χ1) is 11.2. The van der Waals surface area contributed by atoms with Gasteiger partial charge in [0.05, 0.1) is 20.6 Å². The Labute approximate surface area is 152 Å². The molecule has 1 aliphatic heterocycles. The maximum Gasteiger partial charge on any atom is 0.273 e. The number of rotatable bonds is 2. The number of thiophene rings is 1. The molecule has 3 rings (SSSR count). The number of nitrogens with one attached hydrogen (secondary N) is 1. The van der Waals surface area contributed by atoms with Crippen LogP contribution in [0.15, 0.2) is 34.6 Å². The van der Waals surface area contributed by atoms with Crippen LogP contribution in [0.2, 0.25) is 10.0 Å². The number of sulfonamides is 1. The zero-order chi connectivity index (χ0) is 17.6. The molecule has 0 atom stereocenters. The maximum atomic E-state index is 12.5. The topological polar surface area (TPSA) is 86.7 Å². The van der Waals surface area contributed by atoms with Crippen LogP contribution < -0.4 is 9.62 Å². The first-order valence-corrected chi connectivity index (χ1v) is 9.57. The third kappa shape index (κ3) is 2.65. The van der Waals surface area contributed by atoms with Crippen molar-refractivity contribution in [3.05, 3.63) is 49.5 Å². The molecule has 0 unspecified atom stereocenters. The molecule has 6 nitrogen and oxygen atoms in total. The first-order valence-electron chi connectivity index (χ1n) is 6.50. The van der Waals surface area contributed by atoms with Crippen LogP contribution in [-0.4, -0.2) is 26.5 Å². The third-order valence-electron chi connectivity index (χ3n) is 3.42. The number of hydrogen-bond acceptors (Lipinski definition) is 5. The molecular weight excluding hydrogens is 395 g/mol. The van der Waals surface area contributed by atoms with Crippen LogP contribution in [0.25, 0.3) is 5.76 Å². The van der Waals surface area contributed by atoms with Gasteiger partial charge in [-0.05, 0) is 29.6 Å². The number of anilines is 2. The number of amides is 1. The number of carbonyl (C=O) groups excluding carboxylic acids is 1. The third-order valence-corrected chi connectivity index (χ3v) is 6.88. The van der Waals surface area contributed by atoms with Crippen LogP contribution in [0.3, 0.4) is 0 Å². The van der Waals surface area contributed by atoms with Gasteiger partial charge in [-0.1, -0.05) is 23.2 Å². The van der Waals surface area contributed by atoms with Crippen LogP contribution in [0.5, 0.6) is 0 Å². The molecule has 2 aromatic rings. The van der Waals surface area contributed by atoms with Gasteiger partial charge in [0, 0.05) is 12.7 Å². The highest BCUT2D eigenvalue weighted by molar-refractivity contribution is 7.97. The van der Waals surface area contributed by atoms with Gasteiger partial charge < -0.3 is 10.4 Å². The molecular formula is C14H10Cl2N2O4S2. The Hall–Kier alpha value is -1.74. The highest BCUT2D eigenvalue weighted by Gasteiger charge is 2.40. The zero-order valence-corrected chi connectivity index (χ0v) is 15.2. The second kappa shape index (κ2) is 5.96. The van der Waals surface area contributed by atoms with E-state index in [0.29, 0.717) is 15.6 Å². The van der Waals surface area contributed by atoms with Gasteiger partial charge in [-0.25, -0.2) is 8.42 Å². The summed E-state index contributed by atoms with van der Waals surface area (Å²) in [6.07, 6.45) is 0. The lowest BCUT2D eigenvalue weighted by atomic mass is 10.3. The molecule has 0 aliphatic carbocycles. The Bertz CT molecular complexity index is 982. The van der Waals surface area contributed by atoms with Crippen molar-refractivity contribution in [3.63, 3.8) is 0 Å². The van der Waals surface area contributed by atoms with E-state index in [1.165, 1.54) is 25.2 Å². The Morgan fingerprint density at radius 3 is 2.62 bits per heavy atom. The van der Waals surface area contributed by atoms with Crippen LogP contribution >= 0.6 is 34.5 Å². The van der Waals surface area contributed by atoms with E-state index < -0.39 is 26.6 Å². The van der Waals surface area contributed by atoms with Crippen LogP contribution in [-0.2, 0) is 14.8 Å². The molecule has 0 radical (unpaired) electrons. The van der Waals surface area contributed by atoms with Gasteiger partial charge in [0.25, 0.3) is 15.9 Å². The van der Waals surface area contributed by atoms with Gasteiger partial charge >= 0.3 is 0 Å². The van der Waals surface area contributed by atoms with E-state index in [-0.39, 0.29) is 10.7 Å². The average molecular weight is 405 g/mol. The normalized spacial score (nSPS) is 16.0. The molecule has 2 N–H and O–H groups in total. The number of nitrogens with zero attached hydrogens (tertiary/aromatic N) is 1. The lowest BCUT2D eigenvalue weighted by Gasteiger charge is -2.26. The quantitative estimate of drug-likeness (QED) is 0.798. The van der Waals surface area contributed by atoms with Crippen molar-refractivity contribution in [2.75, 3.05) is 16.7 Å². The fourth-order valence-electron chi connectivity index (χ4n) is 2.21. The lowest BCUT2D eigenvalue weighted by Crippen LogP contribution is -2.36. The molecule has 2 heterocycles. The molecule has 0 saturated carbocycles. The van der Waals surface area contributed by atoms with E-state index in [1.807, 2.05) is 0 Å². The van der Waals surface area contributed by atoms with E-state index in [4.69, 9.17) is 23.2 Å². The number of carbonyl (C=O) groups is 1. The molecule has 1 aromatic carbocycles. The van der Waals surface area contributed by atoms with Gasteiger partial charge in [0.1, 0.15) is 0 Å². The van der Waals surface area contributed by atoms with Gasteiger partial charge in [-0.3, -0.25) is 9.10 Å². The Morgan fingerprint density at radius 2 is 1.96 bits per heavy atom. The van der Waals surface area contributed by atoms with Crippen molar-refractivity contribution >= 4 is 67.6 Å². The number of aliphatic hydroxyl groups excluding tert-OH is 1. The van der Waals surface area contributed by atoms with Crippen molar-refractivity contribution < 1.29 is 18.3 Å². The van der Waals surface area contributed by atoms with Crippen molar-refractivity contribution in [2.45, 2.75) is 0 Å². The highest BCUT2D eigenvalue weighted by Crippen LogP contribution is 2.41. The molecule has 1 amide bonds. The zero-order valence-electron chi connectivity index (χ0n) is 12.1. The largest absolute Gasteiger partial charge is 0.505 e. The Balaban J connectivity index is 2.05. The van der Waals surface area contributed by atoms with Crippen molar-refractivity contribution in [1.82, 2.24) is 0 Å². The predicted octanol–water partition coefficient (Wildman–Crippen LogP) is 3.70. The molecule has 126 valence electrons. The molecule has 0 bridgehead atoms. The average Bonchev–Trinajstić information content (AvgIpc) is 2.98. The van der Waals surface area contributed by atoms with Crippen LogP contribution in [0, 0.1) is 0 Å². The molecule has 1 aromatic heterocycles. The molecule has 1 aliphatic rings. The summed E-state index contributed by atoms with van der Waals surface area (Å²) in [6.45, 7) is 0. The lowest BCUT2D eigenvalue weighted by molar-refractivity contribution is -0.112. The highest BCUT2D eigenvalue weighted by atomic mass is 35.5. The summed E-state index contributed by atoms with van der Waals surface area (Å²) in [6, 6.07) is 5.88. The summed E-state index contributed by atoms with van der Waals surface area (Å²) < 4.78 is 26.0. The maximum absolute atomic E-state index is 12.5. The number of halogens is 2. The number of fused-ring (bicyclic) bond motifs is 1. The van der Waals surface area contributed by atoms with Crippen LogP contribution in [0.4, 0.5) is 11.4 Å². The van der Waals surface area contributed by atoms with E-state index in [0.717, 1.165) is 15.6 Å². The fourth-order valence-corrected chi connectivity index (χ4v) is 4.82. The smallest absolute Gasteiger partial charge is 0.273 e. The van der Waals surface area contributed by atoms with Crippen molar-refractivity contribution in [1.29, 1.82) is 0 Å². The summed E-state index contributed by atoms with van der Waals surface area (Å²) in [5.41, 5.74) is 0.577. The van der Waals surface area contributed by atoms with E-state index >= 15 is 0 Å². The number of hydrogen-bond donors (Lipinski definition) is 2. The van der Waals surface area contributed by atoms with Gasteiger partial charge in [-0.2, -0.15) is 0 Å². The summed E-state index contributed by atoms with van der Waals surface area (Å²) >= 11 is 12.8. The van der Waals surface area contributed by atoms with E-state index in [9.17, 15) is 18.3 Å². The van der Waals surface area contributed by atoms with Crippen molar-refractivity contribution in [2.24, 2.45) is 0 Å². The minimum atomic E-state index is -4.17. The number of benzene rings is 1. The summed E-state index contributed by atoms with van der Waals surface area (Å²) in [5, 5.41) is 14.8. The molecule has 0 saturated heterocycles. The minimum Gasteiger partial charge on any atom is -0.505 e. The Kier molecular flexibility index (Phi) is 4.25. The predicted molar refractivity (Wildman–Crippen MR) is 96.3 cm³/mol. The van der Waals surface area contributed by atoms with Crippen LogP contribution in [0.1, 0.15) is 4.88 Å². The minimum absolute atomic E-state index is 0.205. The standard InChI is InChI=1S/C14H10Cl2N2O4S2/c1-18-10-4-5-23-12(10)11(19)13(24(18,21)22)14(20)17-7-2-3-8(15)9(16)6-7/h2-6,19H,1H3,(H,17,20). The summed E-state index contributed by atoms with van der Waals surface area (Å²) in [4.78, 5) is 12.1. The SMILES string of the molecule is CN1c2ccsc2C(O)=C(C(=O)Nc2ccc(Cl)c(Cl)c2)S1(=O)=O. The molecule has 10 heteroatoms. The van der Waals surface area contributed by atoms with Crippen molar-refractivity contribution in [3.8, 4) is 0 Å². The first kappa shape index (κ1) is 17.1. The second-order valence-corrected chi connectivity index (χ2v) is 8.50. The molecule has 24 heavy (non-hydrogen) atoms. The summed E-state index contributed by atoms with van der Waals surface area (Å²) in [5.74, 6) is -1.53. The number of aliphatic hydroxyl groups is 1. The van der Waals surface area contributed by atoms with Gasteiger partial charge in [0.15, 0.2) is 10.7 Å².